The van der Waals surface area contributed by atoms with Crippen molar-refractivity contribution in [3.05, 3.63) is 83.7 Å². The summed E-state index contributed by atoms with van der Waals surface area (Å²) in [6.07, 6.45) is 5.07. The van der Waals surface area contributed by atoms with Crippen LogP contribution in [0.25, 0.3) is 0 Å². The van der Waals surface area contributed by atoms with Crippen molar-refractivity contribution < 1.29 is 33.3 Å². The molecule has 3 aliphatic rings. The fourth-order valence-electron chi connectivity index (χ4n) is 5.79. The smallest absolute Gasteiger partial charge is 0.239 e. The number of fused-ring (bicyclic) bond motifs is 9. The number of ether oxygens (including phenoxy) is 4. The summed E-state index contributed by atoms with van der Waals surface area (Å²) in [5, 5.41) is 3.10. The molecule has 11 nitrogen and oxygen atoms in total. The summed E-state index contributed by atoms with van der Waals surface area (Å²) in [7, 11) is 3.19. The average Bonchev–Trinajstić information content (AvgIpc) is 3.07. The van der Waals surface area contributed by atoms with Gasteiger partial charge in [-0.05, 0) is 66.3 Å². The second-order valence-corrected chi connectivity index (χ2v) is 11.6. The molecule has 0 radical (unpaired) electrons. The molecule has 6 rings (SSSR count). The number of carbonyl (C=O) groups is 3. The molecular weight excluding hydrogens is 588 g/mol. The van der Waals surface area contributed by atoms with Crippen molar-refractivity contribution in [2.45, 2.75) is 50.9 Å². The Morgan fingerprint density at radius 3 is 2.76 bits per heavy atom. The topological polar surface area (TPSA) is 120 Å². The van der Waals surface area contributed by atoms with E-state index in [0.717, 1.165) is 16.7 Å². The molecule has 4 heterocycles. The first-order valence-corrected chi connectivity index (χ1v) is 15.7. The number of hydrogen-bond donors (Lipinski definition) is 1. The zero-order valence-corrected chi connectivity index (χ0v) is 26.5. The molecule has 46 heavy (non-hydrogen) atoms. The van der Waals surface area contributed by atoms with E-state index in [1.54, 1.807) is 36.4 Å². The van der Waals surface area contributed by atoms with Crippen LogP contribution in [0.15, 0.2) is 67.0 Å². The van der Waals surface area contributed by atoms with E-state index >= 15 is 0 Å². The molecule has 4 bridgehead atoms. The van der Waals surface area contributed by atoms with Gasteiger partial charge in [-0.15, -0.1) is 0 Å². The van der Waals surface area contributed by atoms with Gasteiger partial charge >= 0.3 is 0 Å². The minimum atomic E-state index is -0.462. The molecular formula is C35H42N4O7. The SMILES string of the molecule is COCCCN1CC(=O)N[C@H]2CN(C(=O)Cc3cccnc3)CC[C@H]2OCc2cccc(c2)Oc2ccc(cc2OC)CCC1=O. The number of aryl methyl sites for hydroxylation is 1. The number of nitrogens with one attached hydrogen (secondary N) is 1. The van der Waals surface area contributed by atoms with Crippen LogP contribution in [0, 0.1) is 0 Å². The lowest BCUT2D eigenvalue weighted by molar-refractivity contribution is -0.139. The standard InChI is InChI=1S/C35H42N4O7/c1-43-17-5-15-38-23-33(40)37-29-22-39(35(42)20-26-7-4-14-36-21-26)16-13-30(29)45-24-27-6-3-8-28(18-27)46-31-11-9-25(10-12-34(38)41)19-32(31)44-2/h3-4,6-9,11,14,18-19,21,29-30H,5,10,12-13,15-17,20,22-24H2,1-2H3,(H,37,40)/t29-,30+/m0/s1. The van der Waals surface area contributed by atoms with Crippen molar-refractivity contribution in [1.29, 1.82) is 0 Å². The van der Waals surface area contributed by atoms with E-state index in [1.807, 2.05) is 54.6 Å². The zero-order valence-electron chi connectivity index (χ0n) is 26.5. The zero-order chi connectivity index (χ0) is 32.3. The number of rotatable bonds is 7. The van der Waals surface area contributed by atoms with Gasteiger partial charge in [-0.2, -0.15) is 0 Å². The van der Waals surface area contributed by atoms with E-state index in [-0.39, 0.29) is 49.8 Å². The molecule has 1 N–H and O–H groups in total. The number of hydrogen-bond acceptors (Lipinski definition) is 8. The molecule has 3 aromatic rings. The lowest BCUT2D eigenvalue weighted by Gasteiger charge is -2.39. The molecule has 11 heteroatoms. The number of carbonyl (C=O) groups excluding carboxylic acids is 3. The normalized spacial score (nSPS) is 19.3. The Hall–Kier alpha value is -4.48. The lowest BCUT2D eigenvalue weighted by atomic mass is 10.0. The molecule has 0 aliphatic carbocycles. The number of benzene rings is 2. The summed E-state index contributed by atoms with van der Waals surface area (Å²) >= 11 is 0. The molecule has 2 aromatic carbocycles. The number of piperidine rings is 1. The molecule has 0 saturated carbocycles. The summed E-state index contributed by atoms with van der Waals surface area (Å²) in [4.78, 5) is 47.7. The highest BCUT2D eigenvalue weighted by molar-refractivity contribution is 5.85. The van der Waals surface area contributed by atoms with Gasteiger partial charge in [0.2, 0.25) is 17.7 Å². The monoisotopic (exact) mass is 630 g/mol. The first-order valence-electron chi connectivity index (χ1n) is 15.7. The van der Waals surface area contributed by atoms with Gasteiger partial charge in [-0.25, -0.2) is 0 Å². The van der Waals surface area contributed by atoms with Crippen molar-refractivity contribution in [3.63, 3.8) is 0 Å². The van der Waals surface area contributed by atoms with Gasteiger partial charge < -0.3 is 34.1 Å². The first-order chi connectivity index (χ1) is 22.4. The van der Waals surface area contributed by atoms with Gasteiger partial charge in [0.1, 0.15) is 5.75 Å². The Morgan fingerprint density at radius 2 is 1.96 bits per heavy atom. The van der Waals surface area contributed by atoms with Crippen LogP contribution in [0.3, 0.4) is 0 Å². The van der Waals surface area contributed by atoms with Crippen LogP contribution in [0.5, 0.6) is 17.2 Å². The molecule has 3 aliphatic heterocycles. The summed E-state index contributed by atoms with van der Waals surface area (Å²) in [6.45, 7) is 1.83. The highest BCUT2D eigenvalue weighted by Crippen LogP contribution is 2.33. The molecule has 244 valence electrons. The van der Waals surface area contributed by atoms with Crippen LogP contribution >= 0.6 is 0 Å². The minimum Gasteiger partial charge on any atom is -0.493 e. The number of methoxy groups -OCH3 is 2. The molecule has 0 unspecified atom stereocenters. The third-order valence-electron chi connectivity index (χ3n) is 8.24. The van der Waals surface area contributed by atoms with Crippen molar-refractivity contribution in [3.8, 4) is 17.2 Å². The van der Waals surface area contributed by atoms with E-state index in [4.69, 9.17) is 18.9 Å². The second-order valence-electron chi connectivity index (χ2n) is 11.6. The van der Waals surface area contributed by atoms with Crippen LogP contribution < -0.4 is 14.8 Å². The number of likely N-dealkylation sites (tertiary alicyclic amines) is 1. The molecule has 2 atom stereocenters. The largest absolute Gasteiger partial charge is 0.493 e. The maximum absolute atomic E-state index is 13.5. The Balaban J connectivity index is 1.38. The molecule has 1 saturated heterocycles. The third-order valence-corrected chi connectivity index (χ3v) is 8.24. The highest BCUT2D eigenvalue weighted by atomic mass is 16.5. The summed E-state index contributed by atoms with van der Waals surface area (Å²) in [5.41, 5.74) is 2.65. The van der Waals surface area contributed by atoms with Crippen molar-refractivity contribution >= 4 is 17.7 Å². The van der Waals surface area contributed by atoms with Crippen LogP contribution in [0.4, 0.5) is 0 Å². The summed E-state index contributed by atoms with van der Waals surface area (Å²) in [6, 6.07) is 16.5. The number of pyridine rings is 1. The summed E-state index contributed by atoms with van der Waals surface area (Å²) < 4.78 is 23.4. The van der Waals surface area contributed by atoms with Gasteiger partial charge in [-0.1, -0.05) is 24.3 Å². The van der Waals surface area contributed by atoms with Crippen molar-refractivity contribution in [2.75, 3.05) is 47.0 Å². The van der Waals surface area contributed by atoms with Crippen LogP contribution in [0.1, 0.15) is 36.0 Å². The fraction of sp³-hybridized carbons (Fsp3) is 0.429. The third kappa shape index (κ3) is 9.04. The number of amides is 3. The maximum Gasteiger partial charge on any atom is 0.239 e. The van der Waals surface area contributed by atoms with E-state index < -0.39 is 6.04 Å². The second kappa shape index (κ2) is 16.2. The van der Waals surface area contributed by atoms with Crippen LogP contribution in [0.2, 0.25) is 0 Å². The van der Waals surface area contributed by atoms with Crippen LogP contribution in [-0.2, 0) is 43.3 Å². The summed E-state index contributed by atoms with van der Waals surface area (Å²) in [5.74, 6) is 1.28. The number of aromatic nitrogens is 1. The Morgan fingerprint density at radius 1 is 1.07 bits per heavy atom. The highest BCUT2D eigenvalue weighted by Gasteiger charge is 2.34. The van der Waals surface area contributed by atoms with Gasteiger partial charge in [0, 0.05) is 52.2 Å². The van der Waals surface area contributed by atoms with E-state index in [2.05, 4.69) is 10.3 Å². The van der Waals surface area contributed by atoms with E-state index in [1.165, 1.54) is 0 Å². The van der Waals surface area contributed by atoms with Gasteiger partial charge in [-0.3, -0.25) is 19.4 Å². The Kier molecular flexibility index (Phi) is 11.6. The predicted molar refractivity (Wildman–Crippen MR) is 171 cm³/mol. The minimum absolute atomic E-state index is 0.0419. The van der Waals surface area contributed by atoms with Crippen molar-refractivity contribution in [2.24, 2.45) is 0 Å². The Labute approximate surface area is 269 Å². The van der Waals surface area contributed by atoms with Crippen LogP contribution in [-0.4, -0.2) is 91.7 Å². The molecule has 1 fully saturated rings. The molecule has 1 aromatic heterocycles. The van der Waals surface area contributed by atoms with E-state index in [9.17, 15) is 14.4 Å². The number of nitrogens with zero attached hydrogens (tertiary/aromatic N) is 3. The van der Waals surface area contributed by atoms with Gasteiger partial charge in [0.15, 0.2) is 11.5 Å². The maximum atomic E-state index is 13.5. The molecule has 0 spiro atoms. The quantitative estimate of drug-likeness (QED) is 0.394. The first kappa shape index (κ1) is 32.9. The van der Waals surface area contributed by atoms with Gasteiger partial charge in [0.25, 0.3) is 0 Å². The average molecular weight is 631 g/mol. The Bertz CT molecular complexity index is 1480. The molecule has 3 amide bonds. The lowest BCUT2D eigenvalue weighted by Crippen LogP contribution is -2.58. The fourth-order valence-corrected chi connectivity index (χ4v) is 5.79. The predicted octanol–water partition coefficient (Wildman–Crippen LogP) is 3.54. The van der Waals surface area contributed by atoms with E-state index in [0.29, 0.717) is 62.8 Å². The van der Waals surface area contributed by atoms with Gasteiger partial charge in [0.05, 0.1) is 38.8 Å². The van der Waals surface area contributed by atoms with Crippen molar-refractivity contribution in [1.82, 2.24) is 20.1 Å².